The molecule has 1 amide bonds. The van der Waals surface area contributed by atoms with Gasteiger partial charge in [-0.15, -0.1) is 0 Å². The predicted octanol–water partition coefficient (Wildman–Crippen LogP) is 0.311. The summed E-state index contributed by atoms with van der Waals surface area (Å²) in [7, 11) is 0. The summed E-state index contributed by atoms with van der Waals surface area (Å²) in [6, 6.07) is 11.5. The van der Waals surface area contributed by atoms with Crippen molar-refractivity contribution < 1.29 is 14.6 Å². The zero-order valence-corrected chi connectivity index (χ0v) is 15.4. The lowest BCUT2D eigenvalue weighted by molar-refractivity contribution is -1.02. The minimum absolute atomic E-state index is 0.0110. The molecule has 0 saturated carbocycles. The van der Waals surface area contributed by atoms with Gasteiger partial charge in [0.05, 0.1) is 5.02 Å². The molecule has 1 aliphatic rings. The number of piperazine rings is 1. The fourth-order valence-electron chi connectivity index (χ4n) is 3.11. The van der Waals surface area contributed by atoms with Gasteiger partial charge in [-0.3, -0.25) is 4.79 Å². The topological polar surface area (TPSA) is 50.9 Å². The molecule has 132 valence electrons. The van der Waals surface area contributed by atoms with E-state index in [0.717, 1.165) is 37.7 Å². The van der Waals surface area contributed by atoms with Gasteiger partial charge < -0.3 is 15.1 Å². The number of halogens is 2. The number of anilines is 1. The standard InChI is InChI=1S/C18H20Cl2N4O/c19-15-3-1-2-14(10-15)12-23-6-8-24(9-7-23)13-18(25)22-17-5-4-16(20)11-21-17/h1-5,10-11H,6-9,12-13H2,(H,21,22,25)/p+2. The van der Waals surface area contributed by atoms with E-state index in [1.165, 1.54) is 21.6 Å². The molecule has 5 nitrogen and oxygen atoms in total. The Morgan fingerprint density at radius 2 is 1.80 bits per heavy atom. The molecule has 25 heavy (non-hydrogen) atoms. The second-order valence-electron chi connectivity index (χ2n) is 6.39. The van der Waals surface area contributed by atoms with Crippen molar-refractivity contribution in [2.45, 2.75) is 6.54 Å². The molecule has 0 radical (unpaired) electrons. The molecule has 3 N–H and O–H groups in total. The van der Waals surface area contributed by atoms with Crippen LogP contribution in [0.5, 0.6) is 0 Å². The van der Waals surface area contributed by atoms with Crippen molar-refractivity contribution in [1.82, 2.24) is 4.98 Å². The number of pyridine rings is 1. The van der Waals surface area contributed by atoms with Crippen molar-refractivity contribution in [3.8, 4) is 0 Å². The number of carbonyl (C=O) groups is 1. The fourth-order valence-corrected chi connectivity index (χ4v) is 3.43. The second kappa shape index (κ2) is 8.63. The molecule has 2 aromatic rings. The summed E-state index contributed by atoms with van der Waals surface area (Å²) >= 11 is 11.8. The van der Waals surface area contributed by atoms with Crippen molar-refractivity contribution >= 4 is 34.9 Å². The van der Waals surface area contributed by atoms with Gasteiger partial charge in [0.15, 0.2) is 6.54 Å². The molecule has 0 bridgehead atoms. The van der Waals surface area contributed by atoms with Crippen LogP contribution in [0.4, 0.5) is 5.82 Å². The number of nitrogens with one attached hydrogen (secondary N) is 3. The third-order valence-corrected chi connectivity index (χ3v) is 4.87. The molecule has 1 saturated heterocycles. The number of benzene rings is 1. The molecule has 0 unspecified atom stereocenters. The Bertz CT molecular complexity index is 715. The average Bonchev–Trinajstić information content (AvgIpc) is 2.59. The monoisotopic (exact) mass is 380 g/mol. The maximum absolute atomic E-state index is 12.1. The van der Waals surface area contributed by atoms with Gasteiger partial charge in [0.25, 0.3) is 5.91 Å². The van der Waals surface area contributed by atoms with Crippen LogP contribution in [0.25, 0.3) is 0 Å². The van der Waals surface area contributed by atoms with E-state index in [1.54, 1.807) is 12.1 Å². The zero-order chi connectivity index (χ0) is 17.6. The molecular formula is C18H22Cl2N4O+2. The lowest BCUT2D eigenvalue weighted by Crippen LogP contribution is -3.28. The van der Waals surface area contributed by atoms with E-state index in [-0.39, 0.29) is 5.91 Å². The molecule has 0 aliphatic carbocycles. The predicted molar refractivity (Wildman–Crippen MR) is 99.3 cm³/mol. The van der Waals surface area contributed by atoms with E-state index in [0.29, 0.717) is 17.4 Å². The normalized spacial score (nSPS) is 20.2. The van der Waals surface area contributed by atoms with E-state index >= 15 is 0 Å². The molecule has 1 aliphatic heterocycles. The quantitative estimate of drug-likeness (QED) is 0.699. The summed E-state index contributed by atoms with van der Waals surface area (Å²) in [5.74, 6) is 0.530. The number of aromatic nitrogens is 1. The van der Waals surface area contributed by atoms with E-state index < -0.39 is 0 Å². The Balaban J connectivity index is 1.42. The van der Waals surface area contributed by atoms with Gasteiger partial charge in [0.2, 0.25) is 0 Å². The Labute approximate surface area is 157 Å². The van der Waals surface area contributed by atoms with Crippen LogP contribution in [0.15, 0.2) is 42.6 Å². The van der Waals surface area contributed by atoms with Crippen LogP contribution in [0.2, 0.25) is 10.0 Å². The first-order valence-corrected chi connectivity index (χ1v) is 9.17. The first-order chi connectivity index (χ1) is 12.1. The number of hydrogen-bond donors (Lipinski definition) is 3. The van der Waals surface area contributed by atoms with E-state index in [1.807, 2.05) is 18.2 Å². The van der Waals surface area contributed by atoms with Crippen molar-refractivity contribution in [3.63, 3.8) is 0 Å². The highest BCUT2D eigenvalue weighted by Gasteiger charge is 2.25. The van der Waals surface area contributed by atoms with Crippen LogP contribution in [0.1, 0.15) is 5.56 Å². The van der Waals surface area contributed by atoms with Crippen LogP contribution in [0.3, 0.4) is 0 Å². The van der Waals surface area contributed by atoms with Crippen LogP contribution in [-0.4, -0.2) is 43.6 Å². The molecule has 0 spiro atoms. The van der Waals surface area contributed by atoms with Crippen LogP contribution >= 0.6 is 23.2 Å². The van der Waals surface area contributed by atoms with Gasteiger partial charge in [-0.1, -0.05) is 35.3 Å². The number of rotatable bonds is 5. The smallest absolute Gasteiger partial charge is 0.280 e. The molecule has 1 aromatic heterocycles. The van der Waals surface area contributed by atoms with Crippen LogP contribution in [0, 0.1) is 0 Å². The third-order valence-electron chi connectivity index (χ3n) is 4.41. The maximum atomic E-state index is 12.1. The van der Waals surface area contributed by atoms with Gasteiger partial charge in [-0.2, -0.15) is 0 Å². The first kappa shape index (κ1) is 18.1. The summed E-state index contributed by atoms with van der Waals surface area (Å²) < 4.78 is 0. The van der Waals surface area contributed by atoms with Gasteiger partial charge in [0, 0.05) is 16.8 Å². The van der Waals surface area contributed by atoms with Crippen LogP contribution < -0.4 is 15.1 Å². The lowest BCUT2D eigenvalue weighted by Gasteiger charge is -2.29. The number of quaternary nitrogens is 2. The minimum atomic E-state index is -0.0110. The van der Waals surface area contributed by atoms with Crippen molar-refractivity contribution in [1.29, 1.82) is 0 Å². The summed E-state index contributed by atoms with van der Waals surface area (Å²) in [5.41, 5.74) is 1.26. The highest BCUT2D eigenvalue weighted by Crippen LogP contribution is 2.10. The van der Waals surface area contributed by atoms with Gasteiger partial charge in [0.1, 0.15) is 38.5 Å². The Morgan fingerprint density at radius 3 is 2.48 bits per heavy atom. The Kier molecular flexibility index (Phi) is 6.26. The summed E-state index contributed by atoms with van der Waals surface area (Å²) in [4.78, 5) is 19.1. The Hall–Kier alpha value is -1.66. The first-order valence-electron chi connectivity index (χ1n) is 8.41. The molecule has 7 heteroatoms. The average molecular weight is 381 g/mol. The van der Waals surface area contributed by atoms with Crippen molar-refractivity contribution in [3.05, 3.63) is 58.2 Å². The highest BCUT2D eigenvalue weighted by molar-refractivity contribution is 6.30. The SMILES string of the molecule is O=C(C[NH+]1CC[NH+](Cc2cccc(Cl)c2)CC1)Nc1ccc(Cl)cn1. The van der Waals surface area contributed by atoms with Crippen LogP contribution in [-0.2, 0) is 11.3 Å². The minimum Gasteiger partial charge on any atom is -0.322 e. The molecular weight excluding hydrogens is 359 g/mol. The van der Waals surface area contributed by atoms with E-state index in [4.69, 9.17) is 23.2 Å². The summed E-state index contributed by atoms with van der Waals surface area (Å²) in [5, 5.41) is 4.17. The fraction of sp³-hybridized carbons (Fsp3) is 0.333. The highest BCUT2D eigenvalue weighted by atomic mass is 35.5. The lowest BCUT2D eigenvalue weighted by atomic mass is 10.2. The molecule has 1 aromatic carbocycles. The van der Waals surface area contributed by atoms with Crippen molar-refractivity contribution in [2.24, 2.45) is 0 Å². The zero-order valence-electron chi connectivity index (χ0n) is 13.9. The largest absolute Gasteiger partial charge is 0.322 e. The summed E-state index contributed by atoms with van der Waals surface area (Å²) in [6.45, 7) is 5.51. The van der Waals surface area contributed by atoms with Gasteiger partial charge in [-0.25, -0.2) is 4.98 Å². The van der Waals surface area contributed by atoms with Crippen molar-refractivity contribution in [2.75, 3.05) is 38.0 Å². The Morgan fingerprint density at radius 1 is 1.04 bits per heavy atom. The van der Waals surface area contributed by atoms with Gasteiger partial charge >= 0.3 is 0 Å². The number of nitrogens with zero attached hydrogens (tertiary/aromatic N) is 1. The number of carbonyl (C=O) groups excluding carboxylic acids is 1. The van der Waals surface area contributed by atoms with E-state index in [2.05, 4.69) is 16.4 Å². The summed E-state index contributed by atoms with van der Waals surface area (Å²) in [6.07, 6.45) is 1.53. The molecule has 1 fully saturated rings. The molecule has 2 heterocycles. The molecule has 0 atom stereocenters. The molecule has 3 rings (SSSR count). The van der Waals surface area contributed by atoms with E-state index in [9.17, 15) is 4.79 Å². The third kappa shape index (κ3) is 5.68. The second-order valence-corrected chi connectivity index (χ2v) is 7.27. The maximum Gasteiger partial charge on any atom is 0.280 e. The van der Waals surface area contributed by atoms with Gasteiger partial charge in [-0.05, 0) is 24.3 Å². The number of amides is 1. The number of hydrogen-bond acceptors (Lipinski definition) is 2.